The van der Waals surface area contributed by atoms with E-state index in [1.807, 2.05) is 7.11 Å². The zero-order valence-corrected chi connectivity index (χ0v) is 9.63. The topological polar surface area (TPSA) is 12.5 Å². The van der Waals surface area contributed by atoms with Crippen molar-refractivity contribution in [2.45, 2.75) is 45.8 Å². The van der Waals surface area contributed by atoms with Crippen LogP contribution in [0.5, 0.6) is 0 Å². The maximum Gasteiger partial charge on any atom is 0.0698 e. The normalized spacial score (nSPS) is 32.1. The second kappa shape index (κ2) is 3.97. The van der Waals surface area contributed by atoms with Crippen molar-refractivity contribution in [2.75, 3.05) is 20.7 Å². The number of piperidine rings is 1. The Balaban J connectivity index is 2.53. The molecule has 0 aromatic heterocycles. The molecule has 0 aliphatic carbocycles. The molecule has 1 aliphatic rings. The first kappa shape index (κ1) is 11.0. The van der Waals surface area contributed by atoms with Crippen LogP contribution in [-0.2, 0) is 4.74 Å². The van der Waals surface area contributed by atoms with Crippen LogP contribution in [0.3, 0.4) is 0 Å². The fourth-order valence-electron chi connectivity index (χ4n) is 2.39. The highest BCUT2D eigenvalue weighted by Crippen LogP contribution is 2.31. The summed E-state index contributed by atoms with van der Waals surface area (Å²) in [5.41, 5.74) is 0.396. The van der Waals surface area contributed by atoms with Crippen LogP contribution in [-0.4, -0.2) is 37.7 Å². The second-order valence-corrected chi connectivity index (χ2v) is 5.26. The molecule has 0 radical (unpaired) electrons. The highest BCUT2D eigenvalue weighted by Gasteiger charge is 2.33. The first-order chi connectivity index (χ1) is 5.95. The molecule has 2 nitrogen and oxygen atoms in total. The average molecular weight is 185 g/mol. The molecule has 1 aliphatic heterocycles. The minimum Gasteiger partial charge on any atom is -0.380 e. The molecule has 0 amide bonds. The largest absolute Gasteiger partial charge is 0.380 e. The van der Waals surface area contributed by atoms with Crippen LogP contribution in [0.25, 0.3) is 0 Å². The minimum atomic E-state index is 0.396. The molecular formula is C11H23NO. The maximum atomic E-state index is 5.38. The smallest absolute Gasteiger partial charge is 0.0698 e. The van der Waals surface area contributed by atoms with Gasteiger partial charge in [0, 0.05) is 19.7 Å². The van der Waals surface area contributed by atoms with E-state index < -0.39 is 0 Å². The SMILES string of the molecule is COC1CCC(C(C)(C)C)N(C)C1. The van der Waals surface area contributed by atoms with Gasteiger partial charge >= 0.3 is 0 Å². The molecule has 1 rings (SSSR count). The summed E-state index contributed by atoms with van der Waals surface area (Å²) in [5, 5.41) is 0. The minimum absolute atomic E-state index is 0.396. The van der Waals surface area contributed by atoms with Crippen molar-refractivity contribution in [3.63, 3.8) is 0 Å². The van der Waals surface area contributed by atoms with Gasteiger partial charge in [-0.25, -0.2) is 0 Å². The van der Waals surface area contributed by atoms with Crippen molar-refractivity contribution in [3.8, 4) is 0 Å². The third kappa shape index (κ3) is 2.68. The number of hydrogen-bond donors (Lipinski definition) is 0. The molecule has 1 saturated heterocycles. The number of methoxy groups -OCH3 is 1. The Bertz CT molecular complexity index is 162. The lowest BCUT2D eigenvalue weighted by Gasteiger charge is -2.43. The van der Waals surface area contributed by atoms with E-state index in [4.69, 9.17) is 4.74 Å². The lowest BCUT2D eigenvalue weighted by Crippen LogP contribution is -2.49. The lowest BCUT2D eigenvalue weighted by molar-refractivity contribution is -0.0119. The fourth-order valence-corrected chi connectivity index (χ4v) is 2.39. The van der Waals surface area contributed by atoms with Gasteiger partial charge in [0.2, 0.25) is 0 Å². The van der Waals surface area contributed by atoms with Crippen LogP contribution in [0.1, 0.15) is 33.6 Å². The molecule has 0 aromatic carbocycles. The van der Waals surface area contributed by atoms with E-state index in [0.29, 0.717) is 17.6 Å². The standard InChI is InChI=1S/C11H23NO/c1-11(2,3)10-7-6-9(13-5)8-12(10)4/h9-10H,6-8H2,1-5H3. The van der Waals surface area contributed by atoms with Gasteiger partial charge in [0.25, 0.3) is 0 Å². The summed E-state index contributed by atoms with van der Waals surface area (Å²) in [6.45, 7) is 8.04. The quantitative estimate of drug-likeness (QED) is 0.620. The highest BCUT2D eigenvalue weighted by atomic mass is 16.5. The van der Waals surface area contributed by atoms with Gasteiger partial charge in [-0.15, -0.1) is 0 Å². The van der Waals surface area contributed by atoms with E-state index in [1.54, 1.807) is 0 Å². The van der Waals surface area contributed by atoms with Gasteiger partial charge in [-0.05, 0) is 25.3 Å². The number of nitrogens with zero attached hydrogens (tertiary/aromatic N) is 1. The highest BCUT2D eigenvalue weighted by molar-refractivity contribution is 4.87. The molecule has 13 heavy (non-hydrogen) atoms. The van der Waals surface area contributed by atoms with E-state index >= 15 is 0 Å². The molecular weight excluding hydrogens is 162 g/mol. The Kier molecular flexibility index (Phi) is 3.36. The summed E-state index contributed by atoms with van der Waals surface area (Å²) in [5.74, 6) is 0. The summed E-state index contributed by atoms with van der Waals surface area (Å²) in [4.78, 5) is 2.44. The molecule has 1 heterocycles. The summed E-state index contributed by atoms with van der Waals surface area (Å²) in [7, 11) is 4.02. The monoisotopic (exact) mass is 185 g/mol. The van der Waals surface area contributed by atoms with E-state index in [-0.39, 0.29) is 0 Å². The lowest BCUT2D eigenvalue weighted by atomic mass is 9.80. The molecule has 78 valence electrons. The predicted molar refractivity (Wildman–Crippen MR) is 55.9 cm³/mol. The first-order valence-electron chi connectivity index (χ1n) is 5.18. The zero-order chi connectivity index (χ0) is 10.1. The number of rotatable bonds is 1. The molecule has 2 heteroatoms. The number of likely N-dealkylation sites (tertiary alicyclic amines) is 1. The van der Waals surface area contributed by atoms with Crippen molar-refractivity contribution in [1.29, 1.82) is 0 Å². The van der Waals surface area contributed by atoms with Gasteiger partial charge in [0.15, 0.2) is 0 Å². The van der Waals surface area contributed by atoms with Crippen LogP contribution < -0.4 is 0 Å². The number of likely N-dealkylation sites (N-methyl/N-ethyl adjacent to an activating group) is 1. The van der Waals surface area contributed by atoms with E-state index in [9.17, 15) is 0 Å². The van der Waals surface area contributed by atoms with Crippen LogP contribution in [0.15, 0.2) is 0 Å². The predicted octanol–water partition coefficient (Wildman–Crippen LogP) is 2.14. The molecule has 0 bridgehead atoms. The summed E-state index contributed by atoms with van der Waals surface area (Å²) >= 11 is 0. The average Bonchev–Trinajstić information content (AvgIpc) is 2.01. The van der Waals surface area contributed by atoms with Gasteiger partial charge in [-0.1, -0.05) is 20.8 Å². The summed E-state index contributed by atoms with van der Waals surface area (Å²) < 4.78 is 5.38. The van der Waals surface area contributed by atoms with E-state index in [1.165, 1.54) is 12.8 Å². The van der Waals surface area contributed by atoms with Gasteiger partial charge in [0.05, 0.1) is 6.10 Å². The third-order valence-electron chi connectivity index (χ3n) is 3.12. The number of ether oxygens (including phenoxy) is 1. The van der Waals surface area contributed by atoms with Crippen molar-refractivity contribution in [2.24, 2.45) is 5.41 Å². The van der Waals surface area contributed by atoms with Gasteiger partial charge < -0.3 is 9.64 Å². The molecule has 0 saturated carbocycles. The van der Waals surface area contributed by atoms with Crippen LogP contribution in [0.2, 0.25) is 0 Å². The Morgan fingerprint density at radius 2 is 1.85 bits per heavy atom. The van der Waals surface area contributed by atoms with Crippen molar-refractivity contribution in [1.82, 2.24) is 4.90 Å². The second-order valence-electron chi connectivity index (χ2n) is 5.26. The van der Waals surface area contributed by atoms with Crippen molar-refractivity contribution in [3.05, 3.63) is 0 Å². The van der Waals surface area contributed by atoms with Crippen LogP contribution in [0, 0.1) is 5.41 Å². The Morgan fingerprint density at radius 1 is 1.23 bits per heavy atom. The molecule has 2 unspecified atom stereocenters. The Morgan fingerprint density at radius 3 is 2.23 bits per heavy atom. The molecule has 1 fully saturated rings. The zero-order valence-electron chi connectivity index (χ0n) is 9.63. The van der Waals surface area contributed by atoms with Crippen molar-refractivity contribution >= 4 is 0 Å². The first-order valence-corrected chi connectivity index (χ1v) is 5.18. The summed E-state index contributed by atoms with van der Waals surface area (Å²) in [6.07, 6.45) is 2.92. The van der Waals surface area contributed by atoms with Gasteiger partial charge in [-0.2, -0.15) is 0 Å². The van der Waals surface area contributed by atoms with Crippen LogP contribution in [0.4, 0.5) is 0 Å². The van der Waals surface area contributed by atoms with Gasteiger partial charge in [0.1, 0.15) is 0 Å². The summed E-state index contributed by atoms with van der Waals surface area (Å²) in [6, 6.07) is 0.707. The van der Waals surface area contributed by atoms with Crippen molar-refractivity contribution < 1.29 is 4.74 Å². The maximum absolute atomic E-state index is 5.38. The third-order valence-corrected chi connectivity index (χ3v) is 3.12. The Hall–Kier alpha value is -0.0800. The van der Waals surface area contributed by atoms with E-state index in [2.05, 4.69) is 32.7 Å². The van der Waals surface area contributed by atoms with Gasteiger partial charge in [-0.3, -0.25) is 0 Å². The molecule has 0 spiro atoms. The number of hydrogen-bond acceptors (Lipinski definition) is 2. The molecule has 0 aromatic rings. The van der Waals surface area contributed by atoms with Crippen LogP contribution >= 0.6 is 0 Å². The fraction of sp³-hybridized carbons (Fsp3) is 1.00. The molecule has 2 atom stereocenters. The van der Waals surface area contributed by atoms with E-state index in [0.717, 1.165) is 6.54 Å². The Labute approximate surface area is 82.3 Å². The molecule has 0 N–H and O–H groups in total.